The Morgan fingerprint density at radius 2 is 1.86 bits per heavy atom. The van der Waals surface area contributed by atoms with Crippen LogP contribution in [0.15, 0.2) is 36.5 Å². The van der Waals surface area contributed by atoms with Gasteiger partial charge in [-0.05, 0) is 50.8 Å². The van der Waals surface area contributed by atoms with Gasteiger partial charge in [0.05, 0.1) is 12.2 Å². The molecule has 3 rings (SSSR count). The van der Waals surface area contributed by atoms with Crippen molar-refractivity contribution in [2.75, 3.05) is 30.9 Å². The molecule has 28 heavy (non-hydrogen) atoms. The lowest BCUT2D eigenvalue weighted by Crippen LogP contribution is -2.40. The second-order valence-corrected chi connectivity index (χ2v) is 7.23. The molecule has 0 aliphatic heterocycles. The summed E-state index contributed by atoms with van der Waals surface area (Å²) in [6, 6.07) is 9.77. The molecular formula is C21H29N5O2. The van der Waals surface area contributed by atoms with E-state index < -0.39 is 0 Å². The maximum Gasteiger partial charge on any atom is 0.255 e. The maximum atomic E-state index is 12.7. The molecule has 2 aromatic rings. The highest BCUT2D eigenvalue weighted by molar-refractivity contribution is 5.97. The number of nitrogens with one attached hydrogen (secondary N) is 2. The molecule has 1 aliphatic carbocycles. The van der Waals surface area contributed by atoms with Crippen molar-refractivity contribution in [1.29, 1.82) is 0 Å². The number of hydrogen-bond acceptors (Lipinski definition) is 6. The Morgan fingerprint density at radius 1 is 1.14 bits per heavy atom. The quantitative estimate of drug-likeness (QED) is 0.765. The van der Waals surface area contributed by atoms with Crippen molar-refractivity contribution in [1.82, 2.24) is 15.3 Å². The molecule has 0 spiro atoms. The minimum Gasteiger partial charge on any atom is -0.493 e. The normalized spacial score (nSPS) is 19.0. The van der Waals surface area contributed by atoms with Crippen molar-refractivity contribution in [3.8, 4) is 5.75 Å². The molecule has 1 aliphatic rings. The first-order chi connectivity index (χ1) is 13.6. The highest BCUT2D eigenvalue weighted by atomic mass is 16.5. The first kappa shape index (κ1) is 19.9. The Bertz CT molecular complexity index is 788. The Labute approximate surface area is 166 Å². The molecule has 0 atom stereocenters. The van der Waals surface area contributed by atoms with Crippen LogP contribution in [0.4, 0.5) is 11.8 Å². The van der Waals surface area contributed by atoms with E-state index in [1.54, 1.807) is 6.20 Å². The van der Waals surface area contributed by atoms with Crippen molar-refractivity contribution in [2.45, 2.75) is 44.7 Å². The summed E-state index contributed by atoms with van der Waals surface area (Å²) in [7, 11) is 3.92. The predicted octanol–water partition coefficient (Wildman–Crippen LogP) is 3.09. The van der Waals surface area contributed by atoms with Crippen molar-refractivity contribution >= 4 is 17.7 Å². The van der Waals surface area contributed by atoms with E-state index in [-0.39, 0.29) is 11.9 Å². The summed E-state index contributed by atoms with van der Waals surface area (Å²) in [6.45, 7) is 2.46. The molecule has 2 N–H and O–H groups in total. The third-order valence-electron chi connectivity index (χ3n) is 4.93. The first-order valence-corrected chi connectivity index (χ1v) is 9.86. The van der Waals surface area contributed by atoms with E-state index in [2.05, 4.69) is 20.6 Å². The van der Waals surface area contributed by atoms with Crippen molar-refractivity contribution in [3.05, 3.63) is 42.1 Å². The topological polar surface area (TPSA) is 79.4 Å². The van der Waals surface area contributed by atoms with Gasteiger partial charge in [-0.2, -0.15) is 4.98 Å². The van der Waals surface area contributed by atoms with Crippen LogP contribution in [-0.4, -0.2) is 48.7 Å². The van der Waals surface area contributed by atoms with Gasteiger partial charge in [0.1, 0.15) is 11.6 Å². The molecular weight excluding hydrogens is 354 g/mol. The maximum absolute atomic E-state index is 12.7. The second-order valence-electron chi connectivity index (χ2n) is 7.23. The molecule has 1 saturated carbocycles. The molecule has 1 aromatic heterocycles. The number of para-hydroxylation sites is 1. The third-order valence-corrected chi connectivity index (χ3v) is 4.93. The monoisotopic (exact) mass is 383 g/mol. The van der Waals surface area contributed by atoms with E-state index in [0.29, 0.717) is 29.9 Å². The molecule has 1 aromatic carbocycles. The number of carbonyl (C=O) groups is 1. The smallest absolute Gasteiger partial charge is 0.255 e. The minimum atomic E-state index is -0.0672. The standard InChI is InChI=1S/C21H29N5O2/c1-4-28-18-8-6-5-7-17(18)20(27)23-15-9-11-16(12-10-15)24-21-22-14-13-19(25-21)26(2)3/h5-8,13-16H,4,9-12H2,1-3H3,(H,23,27)(H,22,24,25). The van der Waals surface area contributed by atoms with Crippen LogP contribution < -0.4 is 20.3 Å². The molecule has 1 heterocycles. The summed E-state index contributed by atoms with van der Waals surface area (Å²) in [5.74, 6) is 2.11. The van der Waals surface area contributed by atoms with E-state index in [4.69, 9.17) is 4.74 Å². The zero-order valence-corrected chi connectivity index (χ0v) is 16.8. The number of amides is 1. The van der Waals surface area contributed by atoms with E-state index in [1.165, 1.54) is 0 Å². The Kier molecular flexibility index (Phi) is 6.68. The van der Waals surface area contributed by atoms with Crippen LogP contribution in [0.3, 0.4) is 0 Å². The summed E-state index contributed by atoms with van der Waals surface area (Å²) in [4.78, 5) is 23.4. The molecule has 7 nitrogen and oxygen atoms in total. The number of aromatic nitrogens is 2. The van der Waals surface area contributed by atoms with Crippen molar-refractivity contribution < 1.29 is 9.53 Å². The Balaban J connectivity index is 1.52. The van der Waals surface area contributed by atoms with Crippen LogP contribution in [0.25, 0.3) is 0 Å². The lowest BCUT2D eigenvalue weighted by atomic mass is 9.91. The molecule has 150 valence electrons. The van der Waals surface area contributed by atoms with Gasteiger partial charge >= 0.3 is 0 Å². The van der Waals surface area contributed by atoms with Crippen LogP contribution >= 0.6 is 0 Å². The number of anilines is 2. The lowest BCUT2D eigenvalue weighted by Gasteiger charge is -2.30. The largest absolute Gasteiger partial charge is 0.493 e. The molecule has 7 heteroatoms. The number of rotatable bonds is 7. The number of benzene rings is 1. The number of ether oxygens (including phenoxy) is 1. The average molecular weight is 383 g/mol. The van der Waals surface area contributed by atoms with Gasteiger partial charge in [0.15, 0.2) is 0 Å². The zero-order chi connectivity index (χ0) is 19.9. The summed E-state index contributed by atoms with van der Waals surface area (Å²) >= 11 is 0. The molecule has 0 unspecified atom stereocenters. The fourth-order valence-electron chi connectivity index (χ4n) is 3.43. The second kappa shape index (κ2) is 9.39. The molecule has 1 amide bonds. The molecule has 0 bridgehead atoms. The number of nitrogens with zero attached hydrogens (tertiary/aromatic N) is 3. The van der Waals surface area contributed by atoms with Gasteiger partial charge < -0.3 is 20.3 Å². The first-order valence-electron chi connectivity index (χ1n) is 9.86. The predicted molar refractivity (Wildman–Crippen MR) is 111 cm³/mol. The molecule has 0 saturated heterocycles. The highest BCUT2D eigenvalue weighted by Gasteiger charge is 2.24. The fourth-order valence-corrected chi connectivity index (χ4v) is 3.43. The van der Waals surface area contributed by atoms with E-state index in [9.17, 15) is 4.79 Å². The zero-order valence-electron chi connectivity index (χ0n) is 16.8. The van der Waals surface area contributed by atoms with Gasteiger partial charge in [0.2, 0.25) is 5.95 Å². The number of hydrogen-bond donors (Lipinski definition) is 2. The van der Waals surface area contributed by atoms with Crippen LogP contribution in [0.2, 0.25) is 0 Å². The Hall–Kier alpha value is -2.83. The van der Waals surface area contributed by atoms with E-state index >= 15 is 0 Å². The van der Waals surface area contributed by atoms with Crippen molar-refractivity contribution in [3.63, 3.8) is 0 Å². The van der Waals surface area contributed by atoms with Gasteiger partial charge in [-0.15, -0.1) is 0 Å². The lowest BCUT2D eigenvalue weighted by molar-refractivity contribution is 0.0922. The summed E-state index contributed by atoms with van der Waals surface area (Å²) < 4.78 is 5.57. The van der Waals surface area contributed by atoms with Crippen LogP contribution in [0, 0.1) is 0 Å². The average Bonchev–Trinajstić information content (AvgIpc) is 2.70. The minimum absolute atomic E-state index is 0.0672. The fraction of sp³-hybridized carbons (Fsp3) is 0.476. The van der Waals surface area contributed by atoms with Crippen LogP contribution in [0.5, 0.6) is 5.75 Å². The summed E-state index contributed by atoms with van der Waals surface area (Å²) in [5, 5.41) is 6.58. The van der Waals surface area contributed by atoms with Gasteiger partial charge in [-0.3, -0.25) is 4.79 Å². The summed E-state index contributed by atoms with van der Waals surface area (Å²) in [5.41, 5.74) is 0.596. The summed E-state index contributed by atoms with van der Waals surface area (Å²) in [6.07, 6.45) is 5.55. The Morgan fingerprint density at radius 3 is 2.57 bits per heavy atom. The van der Waals surface area contributed by atoms with E-state index in [0.717, 1.165) is 31.5 Å². The number of carbonyl (C=O) groups excluding carboxylic acids is 1. The third kappa shape index (κ3) is 5.12. The van der Waals surface area contributed by atoms with Gasteiger partial charge in [0, 0.05) is 32.4 Å². The molecule has 0 radical (unpaired) electrons. The SMILES string of the molecule is CCOc1ccccc1C(=O)NC1CCC(Nc2nccc(N(C)C)n2)CC1. The van der Waals surface area contributed by atoms with E-state index in [1.807, 2.05) is 56.3 Å². The van der Waals surface area contributed by atoms with Gasteiger partial charge in [0.25, 0.3) is 5.91 Å². The highest BCUT2D eigenvalue weighted by Crippen LogP contribution is 2.23. The van der Waals surface area contributed by atoms with Crippen molar-refractivity contribution in [2.24, 2.45) is 0 Å². The van der Waals surface area contributed by atoms with Gasteiger partial charge in [-0.25, -0.2) is 4.98 Å². The molecule has 1 fully saturated rings. The van der Waals surface area contributed by atoms with Crippen LogP contribution in [-0.2, 0) is 0 Å². The van der Waals surface area contributed by atoms with Crippen LogP contribution in [0.1, 0.15) is 43.0 Å². The van der Waals surface area contributed by atoms with Gasteiger partial charge in [-0.1, -0.05) is 12.1 Å².